The van der Waals surface area contributed by atoms with E-state index in [1.165, 1.54) is 11.8 Å². The minimum absolute atomic E-state index is 0.0694. The molecule has 28 heavy (non-hydrogen) atoms. The number of tetrazole rings is 1. The van der Waals surface area contributed by atoms with Crippen LogP contribution in [0, 0.1) is 6.92 Å². The number of Topliss-reactive ketones (excluding diaryl/α,β-unsaturated/α-hetero) is 1. The van der Waals surface area contributed by atoms with Crippen molar-refractivity contribution in [3.05, 3.63) is 47.3 Å². The maximum absolute atomic E-state index is 12.3. The Bertz CT molecular complexity index is 1040. The van der Waals surface area contributed by atoms with Crippen LogP contribution in [0.1, 0.15) is 34.6 Å². The van der Waals surface area contributed by atoms with Crippen LogP contribution in [0.15, 0.2) is 35.5 Å². The van der Waals surface area contributed by atoms with Crippen LogP contribution in [0.3, 0.4) is 0 Å². The Labute approximate surface area is 165 Å². The highest BCUT2D eigenvalue weighted by molar-refractivity contribution is 7.99. The fourth-order valence-corrected chi connectivity index (χ4v) is 3.76. The molecule has 0 bridgehead atoms. The Balaban J connectivity index is 1.43. The van der Waals surface area contributed by atoms with Crippen LogP contribution in [0.4, 0.5) is 5.95 Å². The first-order valence-electron chi connectivity index (χ1n) is 8.79. The Morgan fingerprint density at radius 1 is 1.21 bits per heavy atom. The predicted molar refractivity (Wildman–Crippen MR) is 103 cm³/mol. The molecule has 0 saturated heterocycles. The summed E-state index contributed by atoms with van der Waals surface area (Å²) in [5, 5.41) is 14.8. The lowest BCUT2D eigenvalue weighted by atomic mass is 9.94. The Kier molecular flexibility index (Phi) is 5.11. The molecular weight excluding hydrogens is 378 g/mol. The number of nitrogens with zero attached hydrogens (tertiary/aromatic N) is 6. The minimum atomic E-state index is -0.269. The fraction of sp³-hybridized carbons (Fsp3) is 0.278. The van der Waals surface area contributed by atoms with E-state index in [4.69, 9.17) is 0 Å². The number of para-hydroxylation sites is 1. The molecule has 1 aliphatic carbocycles. The van der Waals surface area contributed by atoms with Gasteiger partial charge in [0.15, 0.2) is 5.78 Å². The van der Waals surface area contributed by atoms with Crippen molar-refractivity contribution in [3.8, 4) is 5.69 Å². The average Bonchev–Trinajstić information content (AvgIpc) is 3.15. The summed E-state index contributed by atoms with van der Waals surface area (Å²) >= 11 is 1.21. The number of amides is 1. The number of thioether (sulfide) groups is 1. The van der Waals surface area contributed by atoms with Crippen molar-refractivity contribution < 1.29 is 9.59 Å². The van der Waals surface area contributed by atoms with E-state index in [0.717, 1.165) is 12.1 Å². The summed E-state index contributed by atoms with van der Waals surface area (Å²) in [7, 11) is 0. The van der Waals surface area contributed by atoms with Crippen molar-refractivity contribution in [2.75, 3.05) is 11.1 Å². The van der Waals surface area contributed by atoms with Gasteiger partial charge >= 0.3 is 0 Å². The standard InChI is InChI=1S/C18H17N7O2S/c1-11-16-13(8-5-9-14(16)26)20-17(19-11)21-15(27)10-28-18-22-23-24-25(18)12-6-3-2-4-7-12/h2-4,6-7H,5,8-10H2,1H3,(H,19,20,21,27). The number of hydrogen-bond acceptors (Lipinski definition) is 8. The van der Waals surface area contributed by atoms with E-state index >= 15 is 0 Å². The molecule has 9 nitrogen and oxygen atoms in total. The van der Waals surface area contributed by atoms with E-state index in [-0.39, 0.29) is 23.4 Å². The highest BCUT2D eigenvalue weighted by Gasteiger charge is 2.23. The molecule has 4 rings (SSSR count). The highest BCUT2D eigenvalue weighted by atomic mass is 32.2. The van der Waals surface area contributed by atoms with Crippen LogP contribution in [-0.4, -0.2) is 47.6 Å². The lowest BCUT2D eigenvalue weighted by Crippen LogP contribution is -2.21. The van der Waals surface area contributed by atoms with Crippen molar-refractivity contribution >= 4 is 29.4 Å². The number of ketones is 1. The molecule has 2 aromatic heterocycles. The molecular formula is C18H17N7O2S. The van der Waals surface area contributed by atoms with Gasteiger partial charge in [0.25, 0.3) is 0 Å². The Morgan fingerprint density at radius 2 is 2.04 bits per heavy atom. The van der Waals surface area contributed by atoms with Gasteiger partial charge in [-0.15, -0.1) is 5.10 Å². The Hall–Kier alpha value is -3.14. The van der Waals surface area contributed by atoms with Crippen LogP contribution in [0.25, 0.3) is 5.69 Å². The van der Waals surface area contributed by atoms with Gasteiger partial charge in [0.1, 0.15) is 0 Å². The van der Waals surface area contributed by atoms with Crippen molar-refractivity contribution in [3.63, 3.8) is 0 Å². The maximum atomic E-state index is 12.3. The quantitative estimate of drug-likeness (QED) is 0.652. The van der Waals surface area contributed by atoms with Crippen LogP contribution >= 0.6 is 11.8 Å². The molecule has 1 N–H and O–H groups in total. The van der Waals surface area contributed by atoms with Gasteiger partial charge in [-0.05, 0) is 42.3 Å². The summed E-state index contributed by atoms with van der Waals surface area (Å²) in [4.78, 5) is 33.0. The van der Waals surface area contributed by atoms with Crippen LogP contribution in [0.5, 0.6) is 0 Å². The summed E-state index contributed by atoms with van der Waals surface area (Å²) < 4.78 is 1.57. The molecule has 0 radical (unpaired) electrons. The molecule has 1 amide bonds. The number of nitrogens with one attached hydrogen (secondary N) is 1. The Morgan fingerprint density at radius 3 is 2.86 bits per heavy atom. The van der Waals surface area contributed by atoms with Crippen LogP contribution in [-0.2, 0) is 11.2 Å². The zero-order valence-corrected chi connectivity index (χ0v) is 15.9. The zero-order valence-electron chi connectivity index (χ0n) is 15.1. The number of anilines is 1. The van der Waals surface area contributed by atoms with Gasteiger partial charge in [0, 0.05) is 6.42 Å². The third-order valence-corrected chi connectivity index (χ3v) is 5.21. The molecule has 1 aromatic carbocycles. The van der Waals surface area contributed by atoms with Crippen LogP contribution in [0.2, 0.25) is 0 Å². The first kappa shape index (κ1) is 18.2. The van der Waals surface area contributed by atoms with Crippen molar-refractivity contribution in [2.45, 2.75) is 31.3 Å². The molecule has 0 saturated carbocycles. The van der Waals surface area contributed by atoms with E-state index in [2.05, 4.69) is 30.8 Å². The second-order valence-corrected chi connectivity index (χ2v) is 7.22. The smallest absolute Gasteiger partial charge is 0.237 e. The number of carbonyl (C=O) groups is 2. The molecule has 0 atom stereocenters. The first-order valence-corrected chi connectivity index (χ1v) is 9.77. The normalized spacial score (nSPS) is 13.2. The van der Waals surface area contributed by atoms with Gasteiger partial charge in [0.05, 0.1) is 28.4 Å². The summed E-state index contributed by atoms with van der Waals surface area (Å²) in [6.45, 7) is 1.77. The first-order chi connectivity index (χ1) is 13.6. The molecule has 0 spiro atoms. The van der Waals surface area contributed by atoms with Crippen LogP contribution < -0.4 is 5.32 Å². The molecule has 2 heterocycles. The van der Waals surface area contributed by atoms with Gasteiger partial charge in [-0.3, -0.25) is 14.9 Å². The summed E-state index contributed by atoms with van der Waals surface area (Å²) in [6.07, 6.45) is 2.01. The van der Waals surface area contributed by atoms with Gasteiger partial charge in [-0.2, -0.15) is 4.68 Å². The SMILES string of the molecule is Cc1nc(NC(=O)CSc2nnnn2-c2ccccc2)nc2c1C(=O)CCC2. The van der Waals surface area contributed by atoms with E-state index in [0.29, 0.717) is 34.9 Å². The van der Waals surface area contributed by atoms with Crippen molar-refractivity contribution in [2.24, 2.45) is 0 Å². The van der Waals surface area contributed by atoms with E-state index in [9.17, 15) is 9.59 Å². The molecule has 0 fully saturated rings. The minimum Gasteiger partial charge on any atom is -0.294 e. The highest BCUT2D eigenvalue weighted by Crippen LogP contribution is 2.23. The molecule has 10 heteroatoms. The fourth-order valence-electron chi connectivity index (χ4n) is 3.06. The maximum Gasteiger partial charge on any atom is 0.237 e. The van der Waals surface area contributed by atoms with E-state index < -0.39 is 0 Å². The largest absolute Gasteiger partial charge is 0.294 e. The van der Waals surface area contributed by atoms with Gasteiger partial charge in [-0.25, -0.2) is 9.97 Å². The number of fused-ring (bicyclic) bond motifs is 1. The number of aromatic nitrogens is 6. The zero-order chi connectivity index (χ0) is 19.5. The van der Waals surface area contributed by atoms with E-state index in [1.807, 2.05) is 30.3 Å². The third kappa shape index (κ3) is 3.77. The summed E-state index contributed by atoms with van der Waals surface area (Å²) in [6, 6.07) is 9.44. The van der Waals surface area contributed by atoms with Gasteiger partial charge in [-0.1, -0.05) is 30.0 Å². The topological polar surface area (TPSA) is 116 Å². The van der Waals surface area contributed by atoms with Gasteiger partial charge < -0.3 is 0 Å². The number of hydrogen-bond donors (Lipinski definition) is 1. The number of rotatable bonds is 5. The monoisotopic (exact) mass is 395 g/mol. The number of benzene rings is 1. The molecule has 3 aromatic rings. The molecule has 0 aliphatic heterocycles. The number of aryl methyl sites for hydroxylation is 2. The van der Waals surface area contributed by atoms with Gasteiger partial charge in [0.2, 0.25) is 17.0 Å². The van der Waals surface area contributed by atoms with Crippen molar-refractivity contribution in [1.29, 1.82) is 0 Å². The second kappa shape index (κ2) is 7.85. The summed E-state index contributed by atoms with van der Waals surface area (Å²) in [5.41, 5.74) is 2.72. The van der Waals surface area contributed by atoms with E-state index in [1.54, 1.807) is 11.6 Å². The molecule has 142 valence electrons. The number of carbonyl (C=O) groups excluding carboxylic acids is 2. The lowest BCUT2D eigenvalue weighted by molar-refractivity contribution is -0.113. The lowest BCUT2D eigenvalue weighted by Gasteiger charge is -2.16. The second-order valence-electron chi connectivity index (χ2n) is 6.28. The summed E-state index contributed by atoms with van der Waals surface area (Å²) in [5.74, 6) is 0.124. The predicted octanol–water partition coefficient (Wildman–Crippen LogP) is 2.01. The molecule has 0 unspecified atom stereocenters. The third-order valence-electron chi connectivity index (χ3n) is 4.29. The average molecular weight is 395 g/mol. The molecule has 1 aliphatic rings. The van der Waals surface area contributed by atoms with Crippen molar-refractivity contribution in [1.82, 2.24) is 30.2 Å².